The van der Waals surface area contributed by atoms with Gasteiger partial charge in [-0.15, -0.1) is 0 Å². The highest BCUT2D eigenvalue weighted by Crippen LogP contribution is 2.41. The van der Waals surface area contributed by atoms with Gasteiger partial charge in [-0.3, -0.25) is 19.5 Å². The number of hydrogen-bond acceptors (Lipinski definition) is 4. The van der Waals surface area contributed by atoms with Crippen LogP contribution in [-0.4, -0.2) is 52.2 Å². The number of ketones is 1. The first kappa shape index (κ1) is 18.9. The second kappa shape index (κ2) is 7.03. The highest BCUT2D eigenvalue weighted by Gasteiger charge is 2.54. The molecule has 0 spiro atoms. The molecule has 2 aliphatic rings. The average molecular weight is 399 g/mol. The minimum absolute atomic E-state index is 0.0335. The number of benzene rings is 2. The molecule has 2 aliphatic heterocycles. The molecular weight excluding hydrogens is 374 g/mol. The van der Waals surface area contributed by atoms with Crippen LogP contribution in [0.1, 0.15) is 40.1 Å². The minimum Gasteiger partial charge on any atom is -0.334 e. The fraction of sp³-hybridized carbons (Fsp3) is 0.320. The molecule has 1 saturated heterocycles. The monoisotopic (exact) mass is 399 g/mol. The average Bonchev–Trinajstić information content (AvgIpc) is 3.07. The van der Waals surface area contributed by atoms with Gasteiger partial charge in [0.2, 0.25) is 0 Å². The van der Waals surface area contributed by atoms with Crippen LogP contribution in [0.25, 0.3) is 10.9 Å². The molecule has 0 N–H and O–H groups in total. The Morgan fingerprint density at radius 2 is 1.87 bits per heavy atom. The fourth-order valence-corrected chi connectivity index (χ4v) is 5.18. The molecule has 0 saturated carbocycles. The van der Waals surface area contributed by atoms with E-state index in [9.17, 15) is 9.59 Å². The molecular formula is C25H25N3O2. The molecule has 0 aliphatic carbocycles. The van der Waals surface area contributed by atoms with E-state index >= 15 is 0 Å². The summed E-state index contributed by atoms with van der Waals surface area (Å²) in [6.07, 6.45) is 1.80. The van der Waals surface area contributed by atoms with Crippen LogP contribution < -0.4 is 0 Å². The van der Waals surface area contributed by atoms with Gasteiger partial charge in [-0.2, -0.15) is 0 Å². The van der Waals surface area contributed by atoms with E-state index in [1.54, 1.807) is 18.3 Å². The number of aromatic nitrogens is 1. The number of Topliss-reactive ketones (excluding diaryl/α,β-unsaturated/α-hetero) is 1. The highest BCUT2D eigenvalue weighted by atomic mass is 16.2. The zero-order valence-electron chi connectivity index (χ0n) is 17.3. The molecule has 0 bridgehead atoms. The van der Waals surface area contributed by atoms with Gasteiger partial charge >= 0.3 is 0 Å². The van der Waals surface area contributed by atoms with Crippen molar-refractivity contribution >= 4 is 22.6 Å². The number of pyridine rings is 1. The third-order valence-electron chi connectivity index (χ3n) is 6.69. The van der Waals surface area contributed by atoms with Gasteiger partial charge in [0.25, 0.3) is 5.91 Å². The van der Waals surface area contributed by atoms with E-state index in [4.69, 9.17) is 0 Å². The summed E-state index contributed by atoms with van der Waals surface area (Å²) in [4.78, 5) is 35.5. The number of amides is 1. The Bertz CT molecular complexity index is 1160. The summed E-state index contributed by atoms with van der Waals surface area (Å²) < 4.78 is 0. The lowest BCUT2D eigenvalue weighted by molar-refractivity contribution is 0.0560. The Morgan fingerprint density at radius 3 is 2.67 bits per heavy atom. The molecule has 30 heavy (non-hydrogen) atoms. The maximum atomic E-state index is 13.6. The predicted octanol–water partition coefficient (Wildman–Crippen LogP) is 3.78. The van der Waals surface area contributed by atoms with Crippen molar-refractivity contribution in [2.75, 3.05) is 19.6 Å². The van der Waals surface area contributed by atoms with Crippen molar-refractivity contribution in [3.05, 3.63) is 77.5 Å². The molecule has 0 unspecified atom stereocenters. The van der Waals surface area contributed by atoms with Crippen molar-refractivity contribution < 1.29 is 9.59 Å². The largest absolute Gasteiger partial charge is 0.334 e. The number of hydrogen-bond donors (Lipinski definition) is 0. The lowest BCUT2D eigenvalue weighted by atomic mass is 9.78. The van der Waals surface area contributed by atoms with E-state index in [1.807, 2.05) is 43.0 Å². The van der Waals surface area contributed by atoms with E-state index in [0.29, 0.717) is 30.8 Å². The zero-order valence-corrected chi connectivity index (χ0v) is 17.3. The molecule has 152 valence electrons. The predicted molar refractivity (Wildman–Crippen MR) is 116 cm³/mol. The first-order valence-corrected chi connectivity index (χ1v) is 10.5. The normalized spacial score (nSPS) is 24.1. The first-order chi connectivity index (χ1) is 14.5. The molecule has 1 amide bonds. The Kier molecular flexibility index (Phi) is 4.44. The topological polar surface area (TPSA) is 53.5 Å². The molecule has 5 rings (SSSR count). The van der Waals surface area contributed by atoms with Gasteiger partial charge in [-0.25, -0.2) is 0 Å². The Hall–Kier alpha value is -3.05. The van der Waals surface area contributed by atoms with Gasteiger partial charge in [0, 0.05) is 43.3 Å². The molecule has 5 nitrogen and oxygen atoms in total. The van der Waals surface area contributed by atoms with Crippen molar-refractivity contribution in [2.24, 2.45) is 5.41 Å². The van der Waals surface area contributed by atoms with Crippen LogP contribution in [0.15, 0.2) is 60.8 Å². The second-order valence-electron chi connectivity index (χ2n) is 8.60. The number of carbonyl (C=O) groups excluding carboxylic acids is 2. The second-order valence-corrected chi connectivity index (χ2v) is 8.60. The summed E-state index contributed by atoms with van der Waals surface area (Å²) in [6.45, 7) is 6.70. The van der Waals surface area contributed by atoms with Crippen molar-refractivity contribution in [2.45, 2.75) is 26.4 Å². The summed E-state index contributed by atoms with van der Waals surface area (Å²) in [5.41, 5.74) is 2.65. The van der Waals surface area contributed by atoms with Crippen LogP contribution in [0.5, 0.6) is 0 Å². The van der Waals surface area contributed by atoms with Crippen molar-refractivity contribution in [1.29, 1.82) is 0 Å². The van der Waals surface area contributed by atoms with Crippen LogP contribution in [0, 0.1) is 5.41 Å². The van der Waals surface area contributed by atoms with Crippen LogP contribution >= 0.6 is 0 Å². The third-order valence-corrected chi connectivity index (χ3v) is 6.69. The van der Waals surface area contributed by atoms with E-state index in [1.165, 1.54) is 5.56 Å². The van der Waals surface area contributed by atoms with Crippen LogP contribution in [0.3, 0.4) is 0 Å². The number of likely N-dealkylation sites (tertiary alicyclic amines) is 1. The SMILES string of the molecule is CCN1C(=O)c2ccccc2C(=O)[C@@]2(C)CN(Cc3ccc4ncccc4c3)C[C@@H]12. The van der Waals surface area contributed by atoms with Crippen LogP contribution in [0.4, 0.5) is 0 Å². The number of fused-ring (bicyclic) bond motifs is 3. The van der Waals surface area contributed by atoms with E-state index in [0.717, 1.165) is 17.4 Å². The minimum atomic E-state index is -0.614. The Balaban J connectivity index is 1.49. The standard InChI is InChI=1S/C25H25N3O2/c1-3-28-22-15-27(14-17-10-11-21-18(13-17)7-6-12-26-21)16-25(22,2)23(29)19-8-4-5-9-20(19)24(28)30/h4-13,22H,3,14-16H2,1-2H3/t22-,25+/m1/s1. The van der Waals surface area contributed by atoms with Gasteiger partial charge in [-0.1, -0.05) is 30.3 Å². The lowest BCUT2D eigenvalue weighted by Gasteiger charge is -2.34. The third kappa shape index (κ3) is 2.84. The van der Waals surface area contributed by atoms with Gasteiger partial charge in [0.1, 0.15) is 0 Å². The smallest absolute Gasteiger partial charge is 0.254 e. The van der Waals surface area contributed by atoms with Gasteiger partial charge in [0.15, 0.2) is 5.78 Å². The number of carbonyl (C=O) groups is 2. The van der Waals surface area contributed by atoms with Gasteiger partial charge in [0.05, 0.1) is 22.5 Å². The van der Waals surface area contributed by atoms with Gasteiger partial charge in [-0.05, 0) is 43.7 Å². The van der Waals surface area contributed by atoms with E-state index < -0.39 is 5.41 Å². The maximum absolute atomic E-state index is 13.6. The molecule has 2 aromatic carbocycles. The van der Waals surface area contributed by atoms with Crippen LogP contribution in [0.2, 0.25) is 0 Å². The number of rotatable bonds is 3. The molecule has 1 fully saturated rings. The fourth-order valence-electron chi connectivity index (χ4n) is 5.18. The molecule has 1 aromatic heterocycles. The Morgan fingerprint density at radius 1 is 1.07 bits per heavy atom. The summed E-state index contributed by atoms with van der Waals surface area (Å²) >= 11 is 0. The maximum Gasteiger partial charge on any atom is 0.254 e. The van der Waals surface area contributed by atoms with Crippen molar-refractivity contribution in [3.8, 4) is 0 Å². The quantitative estimate of drug-likeness (QED) is 0.673. The molecule has 5 heteroatoms. The summed E-state index contributed by atoms with van der Waals surface area (Å²) in [5, 5.41) is 1.12. The first-order valence-electron chi connectivity index (χ1n) is 10.5. The van der Waals surface area contributed by atoms with E-state index in [-0.39, 0.29) is 17.7 Å². The van der Waals surface area contributed by atoms with Crippen molar-refractivity contribution in [3.63, 3.8) is 0 Å². The zero-order chi connectivity index (χ0) is 20.9. The van der Waals surface area contributed by atoms with Crippen molar-refractivity contribution in [1.82, 2.24) is 14.8 Å². The number of nitrogens with zero attached hydrogens (tertiary/aromatic N) is 3. The molecule has 3 aromatic rings. The lowest BCUT2D eigenvalue weighted by Crippen LogP contribution is -2.49. The van der Waals surface area contributed by atoms with Gasteiger partial charge < -0.3 is 4.90 Å². The molecule has 2 atom stereocenters. The Labute approximate surface area is 176 Å². The summed E-state index contributed by atoms with van der Waals surface area (Å²) in [7, 11) is 0. The van der Waals surface area contributed by atoms with Crippen LogP contribution in [-0.2, 0) is 6.54 Å². The highest BCUT2D eigenvalue weighted by molar-refractivity contribution is 6.12. The number of likely N-dealkylation sites (N-methyl/N-ethyl adjacent to an activating group) is 1. The molecule has 0 radical (unpaired) electrons. The summed E-state index contributed by atoms with van der Waals surface area (Å²) in [6, 6.07) is 17.5. The van der Waals surface area contributed by atoms with E-state index in [2.05, 4.69) is 28.1 Å². The summed E-state index contributed by atoms with van der Waals surface area (Å²) in [5.74, 6) is 0.0476. The molecule has 3 heterocycles.